The molecular formula is C22H29F2N5O. The minimum atomic E-state index is -0.719. The van der Waals surface area contributed by atoms with Gasteiger partial charge in [-0.15, -0.1) is 0 Å². The molecule has 0 heterocycles. The molecule has 0 aliphatic rings. The second-order valence-electron chi connectivity index (χ2n) is 8.23. The van der Waals surface area contributed by atoms with E-state index in [4.69, 9.17) is 11.5 Å². The van der Waals surface area contributed by atoms with Gasteiger partial charge in [0.15, 0.2) is 5.96 Å². The third kappa shape index (κ3) is 7.20. The molecule has 2 atom stereocenters. The second kappa shape index (κ2) is 9.77. The van der Waals surface area contributed by atoms with Gasteiger partial charge in [0.25, 0.3) is 5.91 Å². The van der Waals surface area contributed by atoms with Crippen LogP contribution < -0.4 is 22.1 Å². The summed E-state index contributed by atoms with van der Waals surface area (Å²) in [6.07, 6.45) is -0.434. The van der Waals surface area contributed by atoms with Crippen molar-refractivity contribution in [1.29, 1.82) is 0 Å². The fourth-order valence-electron chi connectivity index (χ4n) is 2.75. The minimum absolute atomic E-state index is 0.187. The Labute approximate surface area is 175 Å². The van der Waals surface area contributed by atoms with Crippen LogP contribution in [0.1, 0.15) is 54.7 Å². The lowest BCUT2D eigenvalue weighted by Crippen LogP contribution is -2.50. The molecular weight excluding hydrogens is 388 g/mol. The Balaban J connectivity index is 2.14. The molecule has 0 aliphatic heterocycles. The van der Waals surface area contributed by atoms with Gasteiger partial charge in [0.2, 0.25) is 0 Å². The molecule has 0 saturated carbocycles. The van der Waals surface area contributed by atoms with Gasteiger partial charge in [-0.3, -0.25) is 10.1 Å². The predicted molar refractivity (Wildman–Crippen MR) is 115 cm³/mol. The Morgan fingerprint density at radius 3 is 2.30 bits per heavy atom. The summed E-state index contributed by atoms with van der Waals surface area (Å²) >= 11 is 0. The molecule has 6 N–H and O–H groups in total. The van der Waals surface area contributed by atoms with E-state index in [1.165, 1.54) is 30.3 Å². The number of carbonyl (C=O) groups excluding carboxylic acids is 1. The summed E-state index contributed by atoms with van der Waals surface area (Å²) in [4.78, 5) is 16.9. The molecule has 2 aromatic carbocycles. The maximum atomic E-state index is 13.5. The molecule has 8 heteroatoms. The number of amides is 1. The van der Waals surface area contributed by atoms with E-state index < -0.39 is 29.5 Å². The lowest BCUT2D eigenvalue weighted by atomic mass is 10.0. The molecule has 0 radical (unpaired) electrons. The lowest BCUT2D eigenvalue weighted by molar-refractivity contribution is 0.0975. The Morgan fingerprint density at radius 2 is 1.73 bits per heavy atom. The number of carbonyl (C=O) groups is 1. The van der Waals surface area contributed by atoms with E-state index in [9.17, 15) is 13.6 Å². The largest absolute Gasteiger partial charge is 0.351 e. The van der Waals surface area contributed by atoms with Gasteiger partial charge in [0.05, 0.1) is 0 Å². The van der Waals surface area contributed by atoms with Crippen LogP contribution in [0.3, 0.4) is 0 Å². The molecule has 162 valence electrons. The van der Waals surface area contributed by atoms with Gasteiger partial charge in [-0.25, -0.2) is 13.8 Å². The van der Waals surface area contributed by atoms with Crippen LogP contribution in [0, 0.1) is 18.6 Å². The average Bonchev–Trinajstić information content (AvgIpc) is 2.62. The maximum absolute atomic E-state index is 13.5. The summed E-state index contributed by atoms with van der Waals surface area (Å²) in [5.41, 5.74) is 13.5. The molecule has 6 nitrogen and oxygen atoms in total. The average molecular weight is 418 g/mol. The molecule has 2 unspecified atom stereocenters. The zero-order valence-corrected chi connectivity index (χ0v) is 17.7. The van der Waals surface area contributed by atoms with E-state index in [0.717, 1.165) is 5.56 Å². The molecule has 0 bridgehead atoms. The summed E-state index contributed by atoms with van der Waals surface area (Å²) in [5.74, 6) is -0.989. The highest BCUT2D eigenvalue weighted by atomic mass is 19.1. The van der Waals surface area contributed by atoms with Gasteiger partial charge in [-0.05, 0) is 69.2 Å². The van der Waals surface area contributed by atoms with Crippen LogP contribution in [0.2, 0.25) is 0 Å². The first-order chi connectivity index (χ1) is 13.9. The van der Waals surface area contributed by atoms with Gasteiger partial charge in [-0.1, -0.05) is 12.1 Å². The van der Waals surface area contributed by atoms with Gasteiger partial charge >= 0.3 is 0 Å². The first kappa shape index (κ1) is 23.4. The number of hydrogen-bond donors (Lipinski definition) is 4. The van der Waals surface area contributed by atoms with Gasteiger partial charge in [0, 0.05) is 23.6 Å². The number of nitrogens with one attached hydrogen (secondary N) is 2. The van der Waals surface area contributed by atoms with Gasteiger partial charge in [0.1, 0.15) is 17.8 Å². The standard InChI is InChI=1S/C22H29F2N5O/c1-13-11-15(7-10-17(13)24)18(25)12-19(26)27-21(29-22(2,3)4)28-20(30)14-5-8-16(23)9-6-14/h5-11,18-19H,12,25-26H2,1-4H3,(H2,27,28,29,30). The first-order valence-corrected chi connectivity index (χ1v) is 9.65. The van der Waals surface area contributed by atoms with E-state index in [1.807, 2.05) is 20.8 Å². The number of aliphatic imine (C=N–C) groups is 1. The SMILES string of the molecule is Cc1cc(C(N)CC(N)N=C(NC(=O)c2ccc(F)cc2)NC(C)(C)C)ccc1F. The lowest BCUT2D eigenvalue weighted by Gasteiger charge is -2.25. The fraction of sp³-hybridized carbons (Fsp3) is 0.364. The van der Waals surface area contributed by atoms with Crippen LogP contribution in [0.15, 0.2) is 47.5 Å². The Bertz CT molecular complexity index is 907. The summed E-state index contributed by atoms with van der Waals surface area (Å²) < 4.78 is 26.6. The third-order valence-corrected chi connectivity index (χ3v) is 4.23. The minimum Gasteiger partial charge on any atom is -0.351 e. The van der Waals surface area contributed by atoms with Gasteiger partial charge in [-0.2, -0.15) is 0 Å². The van der Waals surface area contributed by atoms with Crippen molar-refractivity contribution in [3.8, 4) is 0 Å². The molecule has 0 spiro atoms. The Morgan fingerprint density at radius 1 is 1.10 bits per heavy atom. The van der Waals surface area contributed by atoms with Crippen LogP contribution in [0.25, 0.3) is 0 Å². The number of halogens is 2. The number of benzene rings is 2. The zero-order chi connectivity index (χ0) is 22.5. The smallest absolute Gasteiger partial charge is 0.257 e. The summed E-state index contributed by atoms with van der Waals surface area (Å²) in [7, 11) is 0. The quantitative estimate of drug-likeness (QED) is 0.443. The Kier molecular flexibility index (Phi) is 7.64. The first-order valence-electron chi connectivity index (χ1n) is 9.65. The predicted octanol–water partition coefficient (Wildman–Crippen LogP) is 3.12. The molecule has 2 rings (SSSR count). The molecule has 0 aromatic heterocycles. The molecule has 30 heavy (non-hydrogen) atoms. The monoisotopic (exact) mass is 417 g/mol. The highest BCUT2D eigenvalue weighted by molar-refractivity contribution is 6.05. The second-order valence-corrected chi connectivity index (χ2v) is 8.23. The van der Waals surface area contributed by atoms with E-state index in [2.05, 4.69) is 15.6 Å². The molecule has 1 amide bonds. The van der Waals surface area contributed by atoms with Gasteiger partial charge < -0.3 is 16.8 Å². The highest BCUT2D eigenvalue weighted by Crippen LogP contribution is 2.19. The van der Waals surface area contributed by atoms with Crippen molar-refractivity contribution in [2.24, 2.45) is 16.5 Å². The van der Waals surface area contributed by atoms with E-state index >= 15 is 0 Å². The number of aryl methyl sites for hydroxylation is 1. The van der Waals surface area contributed by atoms with Crippen LogP contribution >= 0.6 is 0 Å². The van der Waals surface area contributed by atoms with Crippen molar-refractivity contribution < 1.29 is 13.6 Å². The maximum Gasteiger partial charge on any atom is 0.257 e. The van der Waals surface area contributed by atoms with Crippen molar-refractivity contribution in [2.45, 2.75) is 51.9 Å². The fourth-order valence-corrected chi connectivity index (χ4v) is 2.75. The number of nitrogens with two attached hydrogens (primary N) is 2. The molecule has 2 aromatic rings. The molecule has 0 fully saturated rings. The van der Waals surface area contributed by atoms with Crippen molar-refractivity contribution in [1.82, 2.24) is 10.6 Å². The summed E-state index contributed by atoms with van der Waals surface area (Å²) in [6.45, 7) is 7.39. The van der Waals surface area contributed by atoms with Crippen LogP contribution in [-0.2, 0) is 0 Å². The van der Waals surface area contributed by atoms with Crippen molar-refractivity contribution in [2.75, 3.05) is 0 Å². The van der Waals surface area contributed by atoms with Crippen molar-refractivity contribution in [3.05, 3.63) is 70.8 Å². The normalized spacial score (nSPS) is 14.2. The van der Waals surface area contributed by atoms with E-state index in [-0.39, 0.29) is 23.8 Å². The number of guanidine groups is 1. The van der Waals surface area contributed by atoms with Crippen molar-refractivity contribution in [3.63, 3.8) is 0 Å². The third-order valence-electron chi connectivity index (χ3n) is 4.23. The number of nitrogens with zero attached hydrogens (tertiary/aromatic N) is 1. The number of rotatable bonds is 5. The topological polar surface area (TPSA) is 106 Å². The van der Waals surface area contributed by atoms with E-state index in [0.29, 0.717) is 5.56 Å². The Hall–Kier alpha value is -2.84. The summed E-state index contributed by atoms with van der Waals surface area (Å²) in [6, 6.07) is 9.39. The van der Waals surface area contributed by atoms with Crippen LogP contribution in [0.5, 0.6) is 0 Å². The van der Waals surface area contributed by atoms with E-state index in [1.54, 1.807) is 19.1 Å². The highest BCUT2D eigenvalue weighted by Gasteiger charge is 2.18. The van der Waals surface area contributed by atoms with Crippen LogP contribution in [0.4, 0.5) is 8.78 Å². The molecule has 0 aliphatic carbocycles. The molecule has 0 saturated heterocycles. The van der Waals surface area contributed by atoms with Crippen molar-refractivity contribution >= 4 is 11.9 Å². The zero-order valence-electron chi connectivity index (χ0n) is 17.7. The number of hydrogen-bond acceptors (Lipinski definition) is 4. The van der Waals surface area contributed by atoms with Crippen LogP contribution in [-0.4, -0.2) is 23.6 Å². The summed E-state index contributed by atoms with van der Waals surface area (Å²) in [5, 5.41) is 5.78.